The summed E-state index contributed by atoms with van der Waals surface area (Å²) in [5, 5.41) is 0. The van der Waals surface area contributed by atoms with Gasteiger partial charge in [0.05, 0.1) is 35.5 Å². The number of ether oxygens (including phenoxy) is 5. The summed E-state index contributed by atoms with van der Waals surface area (Å²) < 4.78 is 25.6. The first-order chi connectivity index (χ1) is 15.8. The van der Waals surface area contributed by atoms with Crippen LogP contribution < -0.4 is 23.7 Å². The fourth-order valence-corrected chi connectivity index (χ4v) is 3.42. The molecule has 0 atom stereocenters. The van der Waals surface area contributed by atoms with Crippen molar-refractivity contribution in [1.82, 2.24) is 0 Å². The first-order valence-electron chi connectivity index (χ1n) is 10.4. The van der Waals surface area contributed by atoms with E-state index in [4.69, 9.17) is 23.7 Å². The van der Waals surface area contributed by atoms with E-state index >= 15 is 0 Å². The van der Waals surface area contributed by atoms with Crippen LogP contribution in [0, 0.1) is 20.8 Å². The van der Waals surface area contributed by atoms with Gasteiger partial charge in [0.25, 0.3) is 0 Å². The second-order valence-corrected chi connectivity index (χ2v) is 7.99. The molecule has 0 unspecified atom stereocenters. The molecule has 0 aliphatic carbocycles. The summed E-state index contributed by atoms with van der Waals surface area (Å²) in [6.07, 6.45) is 2.09. The van der Waals surface area contributed by atoms with E-state index in [1.54, 1.807) is 47.3 Å². The summed E-state index contributed by atoms with van der Waals surface area (Å²) >= 11 is 1.78. The summed E-state index contributed by atoms with van der Waals surface area (Å²) in [5.41, 5.74) is 3.55. The smallest absolute Gasteiger partial charge is 0.203 e. The van der Waals surface area contributed by atoms with Gasteiger partial charge in [0, 0.05) is 11.0 Å². The van der Waals surface area contributed by atoms with E-state index in [9.17, 15) is 0 Å². The van der Waals surface area contributed by atoms with Gasteiger partial charge in [0.1, 0.15) is 11.5 Å². The van der Waals surface area contributed by atoms with Crippen molar-refractivity contribution in [3.05, 3.63) is 71.3 Å². The van der Waals surface area contributed by atoms with Crippen LogP contribution in [0.25, 0.3) is 0 Å². The number of hydrogen-bond acceptors (Lipinski definition) is 6. The summed E-state index contributed by atoms with van der Waals surface area (Å²) in [6.45, 7) is 6.09. The Bertz CT molecular complexity index is 941. The lowest BCUT2D eigenvalue weighted by Gasteiger charge is -2.12. The van der Waals surface area contributed by atoms with Crippen LogP contribution in [0.3, 0.4) is 0 Å². The minimum Gasteiger partial charge on any atom is -0.497 e. The molecule has 0 radical (unpaired) electrons. The van der Waals surface area contributed by atoms with Crippen LogP contribution in [-0.2, 0) is 0 Å². The van der Waals surface area contributed by atoms with Gasteiger partial charge < -0.3 is 23.7 Å². The van der Waals surface area contributed by atoms with Gasteiger partial charge in [-0.1, -0.05) is 17.7 Å². The highest BCUT2D eigenvalue weighted by Crippen LogP contribution is 2.37. The molecule has 0 aromatic heterocycles. The average Bonchev–Trinajstić information content (AvgIpc) is 2.83. The maximum Gasteiger partial charge on any atom is 0.203 e. The Morgan fingerprint density at radius 2 is 1.06 bits per heavy atom. The molecule has 3 rings (SSSR count). The molecule has 3 aromatic carbocycles. The number of benzene rings is 3. The van der Waals surface area contributed by atoms with E-state index in [0.29, 0.717) is 17.2 Å². The monoisotopic (exact) mass is 472 g/mol. The lowest BCUT2D eigenvalue weighted by atomic mass is 10.2. The number of methoxy groups -OCH3 is 5. The van der Waals surface area contributed by atoms with Crippen LogP contribution in [-0.4, -0.2) is 41.8 Å². The van der Waals surface area contributed by atoms with Crippen molar-refractivity contribution in [3.63, 3.8) is 0 Å². The molecule has 0 saturated heterocycles. The van der Waals surface area contributed by atoms with Gasteiger partial charge in [-0.2, -0.15) is 0 Å². The maximum atomic E-state index is 5.16. The van der Waals surface area contributed by atoms with E-state index < -0.39 is 0 Å². The molecule has 33 heavy (non-hydrogen) atoms. The normalized spacial score (nSPS) is 9.48. The zero-order valence-corrected chi connectivity index (χ0v) is 22.0. The summed E-state index contributed by atoms with van der Waals surface area (Å²) in [5.74, 6) is 3.69. The molecule has 0 fully saturated rings. The highest BCUT2D eigenvalue weighted by Gasteiger charge is 2.10. The van der Waals surface area contributed by atoms with E-state index in [0.717, 1.165) is 22.6 Å². The number of hydrogen-bond donors (Lipinski definition) is 0. The second kappa shape index (κ2) is 15.0. The fourth-order valence-electron chi connectivity index (χ4n) is 2.90. The van der Waals surface area contributed by atoms with Crippen LogP contribution in [0.4, 0.5) is 0 Å². The van der Waals surface area contributed by atoms with Gasteiger partial charge in [0.15, 0.2) is 11.5 Å². The van der Waals surface area contributed by atoms with Gasteiger partial charge in [-0.05, 0) is 74.6 Å². The van der Waals surface area contributed by atoms with Crippen molar-refractivity contribution in [2.75, 3.05) is 41.8 Å². The van der Waals surface area contributed by atoms with Gasteiger partial charge >= 0.3 is 0 Å². The van der Waals surface area contributed by atoms with E-state index in [2.05, 4.69) is 37.4 Å². The molecule has 5 nitrogen and oxygen atoms in total. The number of rotatable bonds is 6. The minimum atomic E-state index is 0.635. The van der Waals surface area contributed by atoms with Crippen LogP contribution in [0.2, 0.25) is 0 Å². The second-order valence-electron chi connectivity index (χ2n) is 7.11. The SMILES string of the molecule is COc1cc(C)cc(OC)c1.COc1cc(C)cc(OC)c1OC.CSc1cccc(C)c1. The Kier molecular flexibility index (Phi) is 12.7. The molecular weight excluding hydrogens is 436 g/mol. The zero-order chi connectivity index (χ0) is 24.8. The van der Waals surface area contributed by atoms with Gasteiger partial charge in [0.2, 0.25) is 5.75 Å². The standard InChI is InChI=1S/C10H14O3.C9H12O2.C8H10S/c1-7-5-8(11-2)10(13-4)9(6-7)12-3;1-7-4-8(10-2)6-9(5-7)11-3;1-7-4-3-5-8(6-7)9-2/h5-6H,1-4H3;4-6H,1-3H3;3-6H,1-2H3. The number of aryl methyl sites for hydroxylation is 3. The lowest BCUT2D eigenvalue weighted by Crippen LogP contribution is -1.95. The van der Waals surface area contributed by atoms with Gasteiger partial charge in [-0.25, -0.2) is 0 Å². The van der Waals surface area contributed by atoms with Crippen LogP contribution in [0.15, 0.2) is 59.5 Å². The third-order valence-electron chi connectivity index (χ3n) is 4.53. The lowest BCUT2D eigenvalue weighted by molar-refractivity contribution is 0.324. The third kappa shape index (κ3) is 9.58. The predicted octanol–water partition coefficient (Wildman–Crippen LogP) is 6.75. The molecule has 0 amide bonds. The van der Waals surface area contributed by atoms with Gasteiger partial charge in [-0.15, -0.1) is 11.8 Å². The maximum absolute atomic E-state index is 5.16. The molecule has 0 N–H and O–H groups in total. The highest BCUT2D eigenvalue weighted by atomic mass is 32.2. The Balaban J connectivity index is 0.000000252. The third-order valence-corrected chi connectivity index (χ3v) is 5.26. The quantitative estimate of drug-likeness (QED) is 0.370. The first kappa shape index (κ1) is 28.0. The highest BCUT2D eigenvalue weighted by molar-refractivity contribution is 7.98. The van der Waals surface area contributed by atoms with Crippen molar-refractivity contribution in [1.29, 1.82) is 0 Å². The molecule has 0 aliphatic rings. The largest absolute Gasteiger partial charge is 0.497 e. The Labute approximate surface area is 203 Å². The fraction of sp³-hybridized carbons (Fsp3) is 0.333. The molecule has 0 spiro atoms. The molecule has 180 valence electrons. The zero-order valence-electron chi connectivity index (χ0n) is 21.1. The summed E-state index contributed by atoms with van der Waals surface area (Å²) in [6, 6.07) is 18.1. The van der Waals surface area contributed by atoms with Crippen LogP contribution in [0.1, 0.15) is 16.7 Å². The van der Waals surface area contributed by atoms with Crippen LogP contribution >= 0.6 is 11.8 Å². The summed E-state index contributed by atoms with van der Waals surface area (Å²) in [7, 11) is 8.10. The molecule has 0 heterocycles. The molecule has 0 aliphatic heterocycles. The Morgan fingerprint density at radius 1 is 0.545 bits per heavy atom. The van der Waals surface area contributed by atoms with E-state index in [-0.39, 0.29) is 0 Å². The predicted molar refractivity (Wildman–Crippen MR) is 138 cm³/mol. The Morgan fingerprint density at radius 3 is 1.42 bits per heavy atom. The van der Waals surface area contributed by atoms with Crippen molar-refractivity contribution in [2.24, 2.45) is 0 Å². The minimum absolute atomic E-state index is 0.635. The van der Waals surface area contributed by atoms with Gasteiger partial charge in [-0.3, -0.25) is 0 Å². The molecular formula is C27H36O5S. The average molecular weight is 473 g/mol. The van der Waals surface area contributed by atoms with E-state index in [1.165, 1.54) is 10.5 Å². The van der Waals surface area contributed by atoms with Crippen molar-refractivity contribution >= 4 is 11.8 Å². The summed E-state index contributed by atoms with van der Waals surface area (Å²) in [4.78, 5) is 1.34. The Hall–Kier alpha value is -2.99. The topological polar surface area (TPSA) is 46.2 Å². The van der Waals surface area contributed by atoms with E-state index in [1.807, 2.05) is 44.2 Å². The molecule has 0 bridgehead atoms. The number of thioether (sulfide) groups is 1. The molecule has 6 heteroatoms. The molecule has 3 aromatic rings. The molecule has 0 saturated carbocycles. The van der Waals surface area contributed by atoms with Crippen molar-refractivity contribution in [2.45, 2.75) is 25.7 Å². The van der Waals surface area contributed by atoms with Crippen LogP contribution in [0.5, 0.6) is 28.7 Å². The van der Waals surface area contributed by atoms with Crippen molar-refractivity contribution in [3.8, 4) is 28.7 Å². The first-order valence-corrected chi connectivity index (χ1v) is 11.6. The van der Waals surface area contributed by atoms with Crippen molar-refractivity contribution < 1.29 is 23.7 Å².